The maximum atomic E-state index is 12.3. The molecule has 0 spiro atoms. The van der Waals surface area contributed by atoms with Gasteiger partial charge in [-0.1, -0.05) is 54.6 Å². The van der Waals surface area contributed by atoms with Gasteiger partial charge in [-0.25, -0.2) is 0 Å². The number of benzene rings is 3. The van der Waals surface area contributed by atoms with Crippen LogP contribution in [0.25, 0.3) is 0 Å². The highest BCUT2D eigenvalue weighted by molar-refractivity contribution is 7.80. The average molecular weight is 421 g/mol. The zero-order chi connectivity index (χ0) is 21.2. The molecule has 0 bridgehead atoms. The average Bonchev–Trinajstić information content (AvgIpc) is 2.74. The summed E-state index contributed by atoms with van der Waals surface area (Å²) in [6, 6.07) is 24.8. The van der Waals surface area contributed by atoms with Gasteiger partial charge in [-0.2, -0.15) is 0 Å². The van der Waals surface area contributed by atoms with Crippen molar-refractivity contribution in [1.29, 1.82) is 0 Å². The summed E-state index contributed by atoms with van der Waals surface area (Å²) in [6.07, 6.45) is 0.267. The van der Waals surface area contributed by atoms with Crippen LogP contribution < -0.4 is 20.1 Å². The minimum Gasteiger partial charge on any atom is -0.490 e. The van der Waals surface area contributed by atoms with E-state index in [9.17, 15) is 4.79 Å². The summed E-state index contributed by atoms with van der Waals surface area (Å²) in [4.78, 5) is 12.3. The van der Waals surface area contributed by atoms with Gasteiger partial charge in [0.15, 0.2) is 5.11 Å². The van der Waals surface area contributed by atoms with Crippen molar-refractivity contribution in [1.82, 2.24) is 5.32 Å². The number of hydrogen-bond acceptors (Lipinski definition) is 4. The first kappa shape index (κ1) is 21.3. The number of rotatable bonds is 8. The number of para-hydroxylation sites is 3. The zero-order valence-corrected chi connectivity index (χ0v) is 17.6. The number of amides is 1. The summed E-state index contributed by atoms with van der Waals surface area (Å²) in [5.41, 5.74) is 2.72. The molecule has 0 radical (unpaired) electrons. The molecule has 0 saturated carbocycles. The van der Waals surface area contributed by atoms with Crippen molar-refractivity contribution in [3.63, 3.8) is 0 Å². The lowest BCUT2D eigenvalue weighted by Crippen LogP contribution is -2.35. The van der Waals surface area contributed by atoms with Crippen molar-refractivity contribution in [2.45, 2.75) is 13.3 Å². The second kappa shape index (κ2) is 11.0. The van der Waals surface area contributed by atoms with Crippen LogP contribution in [0, 0.1) is 6.92 Å². The fraction of sp³-hybridized carbons (Fsp3) is 0.167. The van der Waals surface area contributed by atoms with Crippen LogP contribution in [0.4, 0.5) is 5.69 Å². The standard InChI is InChI=1S/C24H24N2O3S/c1-18-9-5-6-10-19(18)17-23(27)26-24(30)25-21-13-7-8-14-22(21)29-16-15-28-20-11-3-2-4-12-20/h2-14H,15-17H2,1H3,(H2,25,26,27,30). The molecule has 5 nitrogen and oxygen atoms in total. The van der Waals surface area contributed by atoms with Gasteiger partial charge >= 0.3 is 0 Å². The summed E-state index contributed by atoms with van der Waals surface area (Å²) >= 11 is 5.30. The molecule has 30 heavy (non-hydrogen) atoms. The summed E-state index contributed by atoms with van der Waals surface area (Å²) in [7, 11) is 0. The van der Waals surface area contributed by atoms with Gasteiger partial charge in [0.05, 0.1) is 12.1 Å². The fourth-order valence-electron chi connectivity index (χ4n) is 2.83. The number of carbonyl (C=O) groups is 1. The normalized spacial score (nSPS) is 10.2. The van der Waals surface area contributed by atoms with Gasteiger partial charge < -0.3 is 20.1 Å². The number of nitrogens with one attached hydrogen (secondary N) is 2. The minimum absolute atomic E-state index is 0.170. The van der Waals surface area contributed by atoms with E-state index in [2.05, 4.69) is 10.6 Å². The first-order valence-electron chi connectivity index (χ1n) is 9.67. The van der Waals surface area contributed by atoms with Crippen molar-refractivity contribution in [3.05, 3.63) is 90.0 Å². The van der Waals surface area contributed by atoms with Crippen LogP contribution in [-0.2, 0) is 11.2 Å². The van der Waals surface area contributed by atoms with Crippen LogP contribution in [0.3, 0.4) is 0 Å². The summed E-state index contributed by atoms with van der Waals surface area (Å²) in [5, 5.41) is 5.98. The third kappa shape index (κ3) is 6.60. The molecule has 154 valence electrons. The van der Waals surface area contributed by atoms with E-state index in [1.807, 2.05) is 85.8 Å². The summed E-state index contributed by atoms with van der Waals surface area (Å²) in [6.45, 7) is 2.77. The van der Waals surface area contributed by atoms with Gasteiger partial charge in [0.2, 0.25) is 5.91 Å². The fourth-order valence-corrected chi connectivity index (χ4v) is 3.05. The van der Waals surface area contributed by atoms with Gasteiger partial charge in [0.25, 0.3) is 0 Å². The van der Waals surface area contributed by atoms with E-state index >= 15 is 0 Å². The van der Waals surface area contributed by atoms with E-state index in [0.717, 1.165) is 16.9 Å². The molecule has 0 atom stereocenters. The second-order valence-corrected chi connectivity index (χ2v) is 7.02. The third-order valence-corrected chi connectivity index (χ3v) is 4.56. The number of aryl methyl sites for hydroxylation is 1. The quantitative estimate of drug-likeness (QED) is 0.415. The van der Waals surface area contributed by atoms with Gasteiger partial charge in [0.1, 0.15) is 24.7 Å². The number of thiocarbonyl (C=S) groups is 1. The lowest BCUT2D eigenvalue weighted by atomic mass is 10.1. The van der Waals surface area contributed by atoms with Crippen LogP contribution in [0.2, 0.25) is 0 Å². The van der Waals surface area contributed by atoms with Gasteiger partial charge in [0, 0.05) is 0 Å². The highest BCUT2D eigenvalue weighted by atomic mass is 32.1. The summed E-state index contributed by atoms with van der Waals surface area (Å²) < 4.78 is 11.5. The molecule has 3 aromatic rings. The number of carbonyl (C=O) groups excluding carboxylic acids is 1. The van der Waals surface area contributed by atoms with Gasteiger partial charge in [-0.3, -0.25) is 4.79 Å². The Bertz CT molecular complexity index is 993. The lowest BCUT2D eigenvalue weighted by Gasteiger charge is -2.15. The van der Waals surface area contributed by atoms with Gasteiger partial charge in [-0.05, 0) is 54.5 Å². The Hall–Kier alpha value is -3.38. The molecular weight excluding hydrogens is 396 g/mol. The van der Waals surface area contributed by atoms with Crippen LogP contribution >= 0.6 is 12.2 Å². The van der Waals surface area contributed by atoms with Crippen molar-refractivity contribution >= 4 is 28.9 Å². The first-order valence-corrected chi connectivity index (χ1v) is 10.1. The third-order valence-electron chi connectivity index (χ3n) is 4.35. The first-order chi connectivity index (χ1) is 14.6. The number of hydrogen-bond donors (Lipinski definition) is 2. The second-order valence-electron chi connectivity index (χ2n) is 6.61. The molecule has 0 heterocycles. The van der Waals surface area contributed by atoms with Gasteiger partial charge in [-0.15, -0.1) is 0 Å². The van der Waals surface area contributed by atoms with Crippen molar-refractivity contribution < 1.29 is 14.3 Å². The Balaban J connectivity index is 1.49. The van der Waals surface area contributed by atoms with E-state index in [0.29, 0.717) is 24.7 Å². The predicted octanol–water partition coefficient (Wildman–Crippen LogP) is 4.51. The van der Waals surface area contributed by atoms with E-state index < -0.39 is 0 Å². The highest BCUT2D eigenvalue weighted by Crippen LogP contribution is 2.23. The molecule has 6 heteroatoms. The number of ether oxygens (including phenoxy) is 2. The minimum atomic E-state index is -0.170. The maximum absolute atomic E-state index is 12.3. The van der Waals surface area contributed by atoms with Crippen LogP contribution in [0.5, 0.6) is 11.5 Å². The van der Waals surface area contributed by atoms with Crippen LogP contribution in [0.1, 0.15) is 11.1 Å². The Labute approximate surface area is 182 Å². The predicted molar refractivity (Wildman–Crippen MR) is 123 cm³/mol. The zero-order valence-electron chi connectivity index (χ0n) is 16.8. The monoisotopic (exact) mass is 420 g/mol. The lowest BCUT2D eigenvalue weighted by molar-refractivity contribution is -0.119. The van der Waals surface area contributed by atoms with Crippen LogP contribution in [0.15, 0.2) is 78.9 Å². The molecular formula is C24H24N2O3S. The molecule has 2 N–H and O–H groups in total. The SMILES string of the molecule is Cc1ccccc1CC(=O)NC(=S)Nc1ccccc1OCCOc1ccccc1. The Morgan fingerprint density at radius 1 is 0.867 bits per heavy atom. The topological polar surface area (TPSA) is 59.6 Å². The largest absolute Gasteiger partial charge is 0.490 e. The van der Waals surface area contributed by atoms with E-state index in [1.54, 1.807) is 0 Å². The molecule has 1 amide bonds. The van der Waals surface area contributed by atoms with Crippen molar-refractivity contribution in [2.75, 3.05) is 18.5 Å². The summed E-state index contributed by atoms with van der Waals surface area (Å²) in [5.74, 6) is 1.26. The highest BCUT2D eigenvalue weighted by Gasteiger charge is 2.10. The van der Waals surface area contributed by atoms with E-state index in [4.69, 9.17) is 21.7 Å². The molecule has 0 fully saturated rings. The molecule has 0 unspecified atom stereocenters. The van der Waals surface area contributed by atoms with Crippen LogP contribution in [-0.4, -0.2) is 24.2 Å². The molecule has 0 aliphatic carbocycles. The Morgan fingerprint density at radius 3 is 2.33 bits per heavy atom. The van der Waals surface area contributed by atoms with E-state index in [1.165, 1.54) is 0 Å². The van der Waals surface area contributed by atoms with Crippen molar-refractivity contribution in [2.24, 2.45) is 0 Å². The molecule has 0 aromatic heterocycles. The van der Waals surface area contributed by atoms with Crippen molar-refractivity contribution in [3.8, 4) is 11.5 Å². The molecule has 0 aliphatic heterocycles. The smallest absolute Gasteiger partial charge is 0.230 e. The molecule has 3 aromatic carbocycles. The molecule has 3 rings (SSSR count). The Morgan fingerprint density at radius 2 is 1.53 bits per heavy atom. The number of anilines is 1. The van der Waals surface area contributed by atoms with E-state index in [-0.39, 0.29) is 17.4 Å². The molecule has 0 aliphatic rings. The Kier molecular flexibility index (Phi) is 7.80. The molecule has 0 saturated heterocycles. The maximum Gasteiger partial charge on any atom is 0.230 e.